The van der Waals surface area contributed by atoms with Gasteiger partial charge in [-0.25, -0.2) is 0 Å². The summed E-state index contributed by atoms with van der Waals surface area (Å²) in [6.07, 6.45) is 3.71. The van der Waals surface area contributed by atoms with Crippen LogP contribution in [-0.4, -0.2) is 59.4 Å². The van der Waals surface area contributed by atoms with Crippen molar-refractivity contribution in [2.75, 3.05) is 20.1 Å². The Bertz CT molecular complexity index is 399. The van der Waals surface area contributed by atoms with Gasteiger partial charge >= 0.3 is 0 Å². The Hall–Kier alpha value is -1.26. The first-order chi connectivity index (χ1) is 9.35. The summed E-state index contributed by atoms with van der Waals surface area (Å²) < 4.78 is 0. The fraction of sp³-hybridized carbons (Fsp3) is 0.867. The summed E-state index contributed by atoms with van der Waals surface area (Å²) in [6.45, 7) is 9.67. The van der Waals surface area contributed by atoms with Crippen LogP contribution < -0.4 is 5.32 Å². The zero-order chi connectivity index (χ0) is 14.9. The maximum absolute atomic E-state index is 12.5. The lowest BCUT2D eigenvalue weighted by molar-refractivity contribution is -0.145. The summed E-state index contributed by atoms with van der Waals surface area (Å²) in [7, 11) is 1.80. The highest BCUT2D eigenvalue weighted by molar-refractivity contribution is 5.88. The number of amides is 1. The summed E-state index contributed by atoms with van der Waals surface area (Å²) in [4.78, 5) is 20.9. The van der Waals surface area contributed by atoms with Crippen molar-refractivity contribution in [2.45, 2.75) is 64.6 Å². The first kappa shape index (κ1) is 15.1. The van der Waals surface area contributed by atoms with Gasteiger partial charge in [-0.2, -0.15) is 0 Å². The standard InChI is InChI=1S/C15H28N4O/c1-11(2)19-13(20)9-18(10-15(19,3)4)14(16-5)17-12-7-6-8-12/h11-12H,6-10H2,1-5H3,(H,16,17). The topological polar surface area (TPSA) is 47.9 Å². The van der Waals surface area contributed by atoms with E-state index >= 15 is 0 Å². The lowest BCUT2D eigenvalue weighted by Crippen LogP contribution is -2.66. The maximum Gasteiger partial charge on any atom is 0.242 e. The number of rotatable bonds is 2. The van der Waals surface area contributed by atoms with Crippen molar-refractivity contribution >= 4 is 11.9 Å². The molecule has 1 N–H and O–H groups in total. The molecule has 0 aromatic carbocycles. The van der Waals surface area contributed by atoms with Crippen LogP contribution in [-0.2, 0) is 4.79 Å². The van der Waals surface area contributed by atoms with Gasteiger partial charge in [0.2, 0.25) is 5.91 Å². The highest BCUT2D eigenvalue weighted by Gasteiger charge is 2.41. The molecule has 0 atom stereocenters. The van der Waals surface area contributed by atoms with Crippen molar-refractivity contribution in [3.05, 3.63) is 0 Å². The van der Waals surface area contributed by atoms with E-state index in [1.54, 1.807) is 7.05 Å². The SMILES string of the molecule is CN=C(NC1CCC1)N1CC(=O)N(C(C)C)C(C)(C)C1. The van der Waals surface area contributed by atoms with Crippen LogP contribution in [0.15, 0.2) is 4.99 Å². The van der Waals surface area contributed by atoms with Crippen LogP contribution in [0.25, 0.3) is 0 Å². The van der Waals surface area contributed by atoms with Crippen LogP contribution in [0.3, 0.4) is 0 Å². The molecule has 5 nitrogen and oxygen atoms in total. The van der Waals surface area contributed by atoms with Gasteiger partial charge in [0.25, 0.3) is 0 Å². The Morgan fingerprint density at radius 3 is 2.45 bits per heavy atom. The zero-order valence-electron chi connectivity index (χ0n) is 13.4. The summed E-state index contributed by atoms with van der Waals surface area (Å²) in [5.74, 6) is 1.06. The van der Waals surface area contributed by atoms with Gasteiger partial charge in [0.15, 0.2) is 5.96 Å². The van der Waals surface area contributed by atoms with Gasteiger partial charge in [0, 0.05) is 25.7 Å². The Morgan fingerprint density at radius 2 is 2.05 bits per heavy atom. The van der Waals surface area contributed by atoms with E-state index in [9.17, 15) is 4.79 Å². The van der Waals surface area contributed by atoms with Crippen LogP contribution in [0.5, 0.6) is 0 Å². The third-order valence-electron chi connectivity index (χ3n) is 4.29. The zero-order valence-corrected chi connectivity index (χ0v) is 13.4. The number of nitrogens with zero attached hydrogens (tertiary/aromatic N) is 3. The Balaban J connectivity index is 2.08. The van der Waals surface area contributed by atoms with Crippen molar-refractivity contribution in [1.82, 2.24) is 15.1 Å². The Kier molecular flexibility index (Phi) is 4.25. The molecule has 0 radical (unpaired) electrons. The molecule has 0 aromatic heterocycles. The second kappa shape index (κ2) is 5.62. The normalized spacial score (nSPS) is 24.1. The van der Waals surface area contributed by atoms with Crippen LogP contribution in [0.4, 0.5) is 0 Å². The largest absolute Gasteiger partial charge is 0.354 e. The average molecular weight is 280 g/mol. The molecule has 114 valence electrons. The van der Waals surface area contributed by atoms with Gasteiger partial charge in [-0.1, -0.05) is 0 Å². The molecule has 2 aliphatic rings. The number of carbonyl (C=O) groups is 1. The molecule has 2 fully saturated rings. The molecule has 0 aromatic rings. The van der Waals surface area contributed by atoms with Crippen LogP contribution >= 0.6 is 0 Å². The highest BCUT2D eigenvalue weighted by Crippen LogP contribution is 2.25. The summed E-state index contributed by atoms with van der Waals surface area (Å²) in [6, 6.07) is 0.774. The van der Waals surface area contributed by atoms with E-state index in [1.165, 1.54) is 19.3 Å². The predicted molar refractivity (Wildman–Crippen MR) is 81.8 cm³/mol. The third kappa shape index (κ3) is 2.91. The molecule has 1 saturated heterocycles. The van der Waals surface area contributed by atoms with E-state index < -0.39 is 0 Å². The number of aliphatic imine (C=N–C) groups is 1. The fourth-order valence-corrected chi connectivity index (χ4v) is 3.35. The first-order valence-electron chi connectivity index (χ1n) is 7.65. The maximum atomic E-state index is 12.5. The lowest BCUT2D eigenvalue weighted by atomic mass is 9.93. The second-order valence-electron chi connectivity index (χ2n) is 6.85. The third-order valence-corrected chi connectivity index (χ3v) is 4.29. The molecule has 0 bridgehead atoms. The van der Waals surface area contributed by atoms with E-state index in [0.29, 0.717) is 12.6 Å². The van der Waals surface area contributed by atoms with Crippen molar-refractivity contribution in [1.29, 1.82) is 0 Å². The highest BCUT2D eigenvalue weighted by atomic mass is 16.2. The monoisotopic (exact) mass is 280 g/mol. The van der Waals surface area contributed by atoms with Gasteiger partial charge in [-0.05, 0) is 47.0 Å². The molecule has 1 amide bonds. The van der Waals surface area contributed by atoms with Gasteiger partial charge in [-0.3, -0.25) is 9.79 Å². The van der Waals surface area contributed by atoms with Gasteiger partial charge < -0.3 is 15.1 Å². The first-order valence-corrected chi connectivity index (χ1v) is 7.65. The molecule has 1 aliphatic heterocycles. The minimum Gasteiger partial charge on any atom is -0.354 e. The van der Waals surface area contributed by atoms with Gasteiger partial charge in [0.1, 0.15) is 0 Å². The van der Waals surface area contributed by atoms with Gasteiger partial charge in [0.05, 0.1) is 12.1 Å². The molecule has 0 spiro atoms. The van der Waals surface area contributed by atoms with Crippen LogP contribution in [0.2, 0.25) is 0 Å². The fourth-order valence-electron chi connectivity index (χ4n) is 3.35. The molecule has 0 unspecified atom stereocenters. The Morgan fingerprint density at radius 1 is 1.40 bits per heavy atom. The average Bonchev–Trinajstić information content (AvgIpc) is 2.24. The number of nitrogens with one attached hydrogen (secondary N) is 1. The van der Waals surface area contributed by atoms with E-state index in [4.69, 9.17) is 0 Å². The smallest absolute Gasteiger partial charge is 0.242 e. The molecule has 1 heterocycles. The number of piperazine rings is 1. The predicted octanol–water partition coefficient (Wildman–Crippen LogP) is 1.45. The number of carbonyl (C=O) groups excluding carboxylic acids is 1. The molecular weight excluding hydrogens is 252 g/mol. The van der Waals surface area contributed by atoms with Crippen LogP contribution in [0.1, 0.15) is 47.0 Å². The van der Waals surface area contributed by atoms with E-state index in [-0.39, 0.29) is 17.5 Å². The summed E-state index contributed by atoms with van der Waals surface area (Å²) in [5, 5.41) is 3.48. The van der Waals surface area contributed by atoms with E-state index in [0.717, 1.165) is 12.5 Å². The van der Waals surface area contributed by atoms with E-state index in [1.807, 2.05) is 4.90 Å². The van der Waals surface area contributed by atoms with Crippen molar-refractivity contribution in [2.24, 2.45) is 4.99 Å². The summed E-state index contributed by atoms with van der Waals surface area (Å²) >= 11 is 0. The van der Waals surface area contributed by atoms with Gasteiger partial charge in [-0.15, -0.1) is 0 Å². The number of hydrogen-bond donors (Lipinski definition) is 1. The molecular formula is C15H28N4O. The molecule has 5 heteroatoms. The second-order valence-corrected chi connectivity index (χ2v) is 6.85. The van der Waals surface area contributed by atoms with Crippen LogP contribution in [0, 0.1) is 0 Å². The quantitative estimate of drug-likeness (QED) is 0.615. The van der Waals surface area contributed by atoms with Crippen molar-refractivity contribution in [3.63, 3.8) is 0 Å². The minimum atomic E-state index is -0.166. The van der Waals surface area contributed by atoms with Crippen molar-refractivity contribution < 1.29 is 4.79 Å². The van der Waals surface area contributed by atoms with E-state index in [2.05, 4.69) is 42.9 Å². The number of guanidine groups is 1. The number of hydrogen-bond acceptors (Lipinski definition) is 2. The van der Waals surface area contributed by atoms with Crippen molar-refractivity contribution in [3.8, 4) is 0 Å². The molecule has 20 heavy (non-hydrogen) atoms. The summed E-state index contributed by atoms with van der Waals surface area (Å²) in [5.41, 5.74) is -0.166. The minimum absolute atomic E-state index is 0.166. The molecule has 1 saturated carbocycles. The molecule has 1 aliphatic carbocycles. The molecule has 2 rings (SSSR count). The Labute approximate surface area is 122 Å². The lowest BCUT2D eigenvalue weighted by Gasteiger charge is -2.50.